The highest BCUT2D eigenvalue weighted by Crippen LogP contribution is 2.19. The van der Waals surface area contributed by atoms with Gasteiger partial charge in [0.2, 0.25) is 0 Å². The van der Waals surface area contributed by atoms with Crippen molar-refractivity contribution in [3.63, 3.8) is 0 Å². The minimum atomic E-state index is 0.0182. The van der Waals surface area contributed by atoms with Crippen LogP contribution < -0.4 is 5.32 Å². The number of benzene rings is 1. The number of carbonyl (C=O) groups excluding carboxylic acids is 1. The van der Waals surface area contributed by atoms with Crippen LogP contribution in [0.5, 0.6) is 0 Å². The Bertz CT molecular complexity index is 512. The molecule has 0 radical (unpaired) electrons. The van der Waals surface area contributed by atoms with Gasteiger partial charge >= 0.3 is 0 Å². The number of hydrogen-bond donors (Lipinski definition) is 1. The van der Waals surface area contributed by atoms with Crippen molar-refractivity contribution in [1.29, 1.82) is 0 Å². The second kappa shape index (κ2) is 4.05. The molecule has 4 nitrogen and oxygen atoms in total. The molecular weight excluding hydrogens is 214 g/mol. The molecule has 0 atom stereocenters. The molecule has 0 unspecified atom stereocenters. The first-order chi connectivity index (χ1) is 8.33. The highest BCUT2D eigenvalue weighted by Gasteiger charge is 2.23. The molecule has 1 aromatic carbocycles. The van der Waals surface area contributed by atoms with Crippen LogP contribution in [-0.2, 0) is 0 Å². The fourth-order valence-corrected chi connectivity index (χ4v) is 1.69. The lowest BCUT2D eigenvalue weighted by Gasteiger charge is -2.05. The van der Waals surface area contributed by atoms with Crippen LogP contribution in [0.2, 0.25) is 0 Å². The molecule has 1 amide bonds. The van der Waals surface area contributed by atoms with Crippen molar-refractivity contribution in [2.45, 2.75) is 18.9 Å². The van der Waals surface area contributed by atoms with Gasteiger partial charge in [-0.3, -0.25) is 4.79 Å². The first-order valence-corrected chi connectivity index (χ1v) is 5.72. The Kier molecular flexibility index (Phi) is 2.40. The summed E-state index contributed by atoms with van der Waals surface area (Å²) in [5.41, 5.74) is 1.71. The molecular formula is C13H13N3O. The highest BCUT2D eigenvalue weighted by atomic mass is 16.1. The monoisotopic (exact) mass is 227 g/mol. The number of imidazole rings is 1. The molecule has 4 heteroatoms. The summed E-state index contributed by atoms with van der Waals surface area (Å²) >= 11 is 0. The molecule has 1 aliphatic rings. The number of hydrogen-bond acceptors (Lipinski definition) is 2. The van der Waals surface area contributed by atoms with Crippen LogP contribution in [0.3, 0.4) is 0 Å². The SMILES string of the molecule is O=C(NC1CC1)c1ccc(-n2ccnc2)cc1. The maximum absolute atomic E-state index is 11.8. The smallest absolute Gasteiger partial charge is 0.251 e. The lowest BCUT2D eigenvalue weighted by Crippen LogP contribution is -2.25. The lowest BCUT2D eigenvalue weighted by atomic mass is 10.2. The Balaban J connectivity index is 1.77. The first kappa shape index (κ1) is 10.1. The molecule has 86 valence electrons. The minimum absolute atomic E-state index is 0.0182. The molecule has 1 fully saturated rings. The first-order valence-electron chi connectivity index (χ1n) is 5.72. The largest absolute Gasteiger partial charge is 0.349 e. The maximum Gasteiger partial charge on any atom is 0.251 e. The molecule has 0 bridgehead atoms. The van der Waals surface area contributed by atoms with Crippen molar-refractivity contribution in [3.05, 3.63) is 48.5 Å². The van der Waals surface area contributed by atoms with E-state index >= 15 is 0 Å². The minimum Gasteiger partial charge on any atom is -0.349 e. The summed E-state index contributed by atoms with van der Waals surface area (Å²) in [4.78, 5) is 15.8. The molecule has 1 aliphatic carbocycles. The fourth-order valence-electron chi connectivity index (χ4n) is 1.69. The lowest BCUT2D eigenvalue weighted by molar-refractivity contribution is 0.0951. The van der Waals surface area contributed by atoms with Gasteiger partial charge in [0.15, 0.2) is 0 Å². The van der Waals surface area contributed by atoms with Crippen LogP contribution in [0.4, 0.5) is 0 Å². The summed E-state index contributed by atoms with van der Waals surface area (Å²) in [5.74, 6) is 0.0182. The fraction of sp³-hybridized carbons (Fsp3) is 0.231. The van der Waals surface area contributed by atoms with E-state index in [1.54, 1.807) is 12.5 Å². The van der Waals surface area contributed by atoms with Crippen molar-refractivity contribution < 1.29 is 4.79 Å². The zero-order valence-electron chi connectivity index (χ0n) is 9.34. The van der Waals surface area contributed by atoms with Gasteiger partial charge in [0.25, 0.3) is 5.91 Å². The average Bonchev–Trinajstić information content (AvgIpc) is 3.00. The summed E-state index contributed by atoms with van der Waals surface area (Å²) in [6, 6.07) is 7.92. The molecule has 2 aromatic rings. The Morgan fingerprint density at radius 3 is 2.65 bits per heavy atom. The van der Waals surface area contributed by atoms with Crippen LogP contribution in [0.25, 0.3) is 5.69 Å². The average molecular weight is 227 g/mol. The van der Waals surface area contributed by atoms with Crippen molar-refractivity contribution in [1.82, 2.24) is 14.9 Å². The Morgan fingerprint density at radius 2 is 2.06 bits per heavy atom. The van der Waals surface area contributed by atoms with Crippen molar-refractivity contribution in [2.75, 3.05) is 0 Å². The van der Waals surface area contributed by atoms with Gasteiger partial charge in [-0.2, -0.15) is 0 Å². The molecule has 0 saturated heterocycles. The Hall–Kier alpha value is -2.10. The molecule has 1 N–H and O–H groups in total. The number of nitrogens with one attached hydrogen (secondary N) is 1. The Labute approximate surface area is 99.3 Å². The van der Waals surface area contributed by atoms with Crippen LogP contribution in [-0.4, -0.2) is 21.5 Å². The van der Waals surface area contributed by atoms with Gasteiger partial charge in [0, 0.05) is 29.7 Å². The molecule has 3 rings (SSSR count). The predicted octanol–water partition coefficient (Wildman–Crippen LogP) is 1.76. The van der Waals surface area contributed by atoms with Crippen molar-refractivity contribution in [3.8, 4) is 5.69 Å². The number of aromatic nitrogens is 2. The quantitative estimate of drug-likeness (QED) is 0.868. The maximum atomic E-state index is 11.8. The second-order valence-corrected chi connectivity index (χ2v) is 4.26. The van der Waals surface area contributed by atoms with E-state index in [4.69, 9.17) is 0 Å². The van der Waals surface area contributed by atoms with Crippen LogP contribution in [0, 0.1) is 0 Å². The van der Waals surface area contributed by atoms with Gasteiger partial charge in [-0.05, 0) is 37.1 Å². The number of amides is 1. The topological polar surface area (TPSA) is 46.9 Å². The van der Waals surface area contributed by atoms with E-state index in [1.165, 1.54) is 0 Å². The van der Waals surface area contributed by atoms with E-state index < -0.39 is 0 Å². The number of rotatable bonds is 3. The number of carbonyl (C=O) groups is 1. The standard InChI is InChI=1S/C13H13N3O/c17-13(15-11-3-4-11)10-1-5-12(6-2-10)16-8-7-14-9-16/h1-2,5-9,11H,3-4H2,(H,15,17). The van der Waals surface area contributed by atoms with Gasteiger partial charge in [-0.15, -0.1) is 0 Å². The zero-order valence-corrected chi connectivity index (χ0v) is 9.34. The highest BCUT2D eigenvalue weighted by molar-refractivity contribution is 5.94. The van der Waals surface area contributed by atoms with E-state index in [0.29, 0.717) is 11.6 Å². The second-order valence-electron chi connectivity index (χ2n) is 4.26. The molecule has 0 aliphatic heterocycles. The normalized spacial score (nSPS) is 14.6. The third-order valence-corrected chi connectivity index (χ3v) is 2.84. The van der Waals surface area contributed by atoms with E-state index in [1.807, 2.05) is 35.0 Å². The van der Waals surface area contributed by atoms with E-state index in [0.717, 1.165) is 18.5 Å². The molecule has 1 heterocycles. The third kappa shape index (κ3) is 2.20. The zero-order chi connectivity index (χ0) is 11.7. The third-order valence-electron chi connectivity index (χ3n) is 2.84. The van der Waals surface area contributed by atoms with Gasteiger partial charge in [0.05, 0.1) is 6.33 Å². The van der Waals surface area contributed by atoms with Crippen LogP contribution >= 0.6 is 0 Å². The van der Waals surface area contributed by atoms with E-state index in [-0.39, 0.29) is 5.91 Å². The van der Waals surface area contributed by atoms with E-state index in [2.05, 4.69) is 10.3 Å². The van der Waals surface area contributed by atoms with Gasteiger partial charge < -0.3 is 9.88 Å². The predicted molar refractivity (Wildman–Crippen MR) is 64.1 cm³/mol. The van der Waals surface area contributed by atoms with Crippen LogP contribution in [0.15, 0.2) is 43.0 Å². The van der Waals surface area contributed by atoms with Crippen molar-refractivity contribution in [2.24, 2.45) is 0 Å². The summed E-state index contributed by atoms with van der Waals surface area (Å²) in [6.07, 6.45) is 7.56. The van der Waals surface area contributed by atoms with Gasteiger partial charge in [-0.1, -0.05) is 0 Å². The van der Waals surface area contributed by atoms with Gasteiger partial charge in [0.1, 0.15) is 0 Å². The Morgan fingerprint density at radius 1 is 1.29 bits per heavy atom. The molecule has 0 spiro atoms. The summed E-state index contributed by atoms with van der Waals surface area (Å²) in [7, 11) is 0. The van der Waals surface area contributed by atoms with Crippen LogP contribution in [0.1, 0.15) is 23.2 Å². The van der Waals surface area contributed by atoms with Gasteiger partial charge in [-0.25, -0.2) is 4.98 Å². The molecule has 1 aromatic heterocycles. The molecule has 1 saturated carbocycles. The summed E-state index contributed by atoms with van der Waals surface area (Å²) in [6.45, 7) is 0. The summed E-state index contributed by atoms with van der Waals surface area (Å²) in [5, 5.41) is 2.97. The number of nitrogens with zero attached hydrogens (tertiary/aromatic N) is 2. The van der Waals surface area contributed by atoms with E-state index in [9.17, 15) is 4.79 Å². The van der Waals surface area contributed by atoms with Crippen molar-refractivity contribution >= 4 is 5.91 Å². The molecule has 17 heavy (non-hydrogen) atoms. The summed E-state index contributed by atoms with van der Waals surface area (Å²) < 4.78 is 1.91.